The van der Waals surface area contributed by atoms with Gasteiger partial charge >= 0.3 is 0 Å². The summed E-state index contributed by atoms with van der Waals surface area (Å²) in [5, 5.41) is 0. The third-order valence-electron chi connectivity index (χ3n) is 6.33. The van der Waals surface area contributed by atoms with E-state index in [1.807, 2.05) is 60.5 Å². The van der Waals surface area contributed by atoms with Crippen LogP contribution in [0.5, 0.6) is 5.75 Å². The first kappa shape index (κ1) is 22.6. The largest absolute Gasteiger partial charge is 0.497 e. The molecule has 1 heterocycles. The van der Waals surface area contributed by atoms with Crippen molar-refractivity contribution in [2.45, 2.75) is 18.9 Å². The highest BCUT2D eigenvalue weighted by Crippen LogP contribution is 2.32. The van der Waals surface area contributed by atoms with Gasteiger partial charge in [0.1, 0.15) is 5.75 Å². The summed E-state index contributed by atoms with van der Waals surface area (Å²) in [5.41, 5.74) is 2.86. The zero-order valence-electron chi connectivity index (χ0n) is 19.2. The highest BCUT2D eigenvalue weighted by Gasteiger charge is 2.36. The summed E-state index contributed by atoms with van der Waals surface area (Å²) in [6.07, 6.45) is 0.731. The number of piperidine rings is 1. The molecule has 1 aliphatic rings. The lowest BCUT2D eigenvalue weighted by Gasteiger charge is -2.39. The molecule has 170 valence electrons. The van der Waals surface area contributed by atoms with E-state index >= 15 is 0 Å². The van der Waals surface area contributed by atoms with Gasteiger partial charge in [-0.3, -0.25) is 9.59 Å². The fourth-order valence-corrected chi connectivity index (χ4v) is 4.57. The smallest absolute Gasteiger partial charge is 0.253 e. The van der Waals surface area contributed by atoms with Crippen LogP contribution in [0.4, 0.5) is 0 Å². The van der Waals surface area contributed by atoms with Gasteiger partial charge in [-0.2, -0.15) is 0 Å². The minimum Gasteiger partial charge on any atom is -0.497 e. The number of benzene rings is 3. The molecule has 0 aliphatic carbocycles. The van der Waals surface area contributed by atoms with Gasteiger partial charge in [-0.25, -0.2) is 0 Å². The van der Waals surface area contributed by atoms with Crippen LogP contribution in [0, 0.1) is 5.92 Å². The number of rotatable bonds is 6. The number of methoxy groups -OCH3 is 1. The van der Waals surface area contributed by atoms with Crippen molar-refractivity contribution >= 4 is 11.8 Å². The first-order valence-electron chi connectivity index (χ1n) is 11.3. The van der Waals surface area contributed by atoms with E-state index in [-0.39, 0.29) is 23.7 Å². The van der Waals surface area contributed by atoms with Gasteiger partial charge in [0.25, 0.3) is 5.91 Å². The van der Waals surface area contributed by atoms with E-state index in [9.17, 15) is 9.59 Å². The Labute approximate surface area is 195 Å². The van der Waals surface area contributed by atoms with E-state index in [2.05, 4.69) is 12.1 Å². The summed E-state index contributed by atoms with van der Waals surface area (Å²) < 4.78 is 5.22. The van der Waals surface area contributed by atoms with Crippen molar-refractivity contribution in [3.8, 4) is 5.75 Å². The Bertz CT molecular complexity index is 1070. The average molecular weight is 443 g/mol. The monoisotopic (exact) mass is 442 g/mol. The summed E-state index contributed by atoms with van der Waals surface area (Å²) in [6, 6.07) is 27.3. The molecule has 1 aliphatic heterocycles. The van der Waals surface area contributed by atoms with Gasteiger partial charge in [0, 0.05) is 38.2 Å². The normalized spacial score (nSPS) is 17.9. The average Bonchev–Trinajstić information content (AvgIpc) is 2.88. The quantitative estimate of drug-likeness (QED) is 0.561. The molecule has 0 saturated carbocycles. The number of ether oxygens (including phenoxy) is 1. The molecule has 0 radical (unpaired) electrons. The zero-order valence-corrected chi connectivity index (χ0v) is 19.2. The second kappa shape index (κ2) is 10.3. The predicted octanol–water partition coefficient (Wildman–Crippen LogP) is 4.60. The maximum Gasteiger partial charge on any atom is 0.253 e. The Hall–Kier alpha value is -3.60. The van der Waals surface area contributed by atoms with Gasteiger partial charge < -0.3 is 14.5 Å². The topological polar surface area (TPSA) is 49.9 Å². The Kier molecular flexibility index (Phi) is 7.08. The van der Waals surface area contributed by atoms with Gasteiger partial charge in [-0.05, 0) is 41.8 Å². The summed E-state index contributed by atoms with van der Waals surface area (Å²) in [4.78, 5) is 30.4. The van der Waals surface area contributed by atoms with Crippen LogP contribution in [0.1, 0.15) is 33.8 Å². The van der Waals surface area contributed by atoms with Gasteiger partial charge in [0.2, 0.25) is 5.91 Å². The van der Waals surface area contributed by atoms with Crippen molar-refractivity contribution in [1.29, 1.82) is 0 Å². The summed E-state index contributed by atoms with van der Waals surface area (Å²) in [6.45, 7) is 1.58. The molecule has 33 heavy (non-hydrogen) atoms. The van der Waals surface area contributed by atoms with Crippen LogP contribution in [0.2, 0.25) is 0 Å². The van der Waals surface area contributed by atoms with Crippen molar-refractivity contribution < 1.29 is 14.3 Å². The van der Waals surface area contributed by atoms with Crippen LogP contribution in [0.25, 0.3) is 0 Å². The van der Waals surface area contributed by atoms with Gasteiger partial charge in [-0.1, -0.05) is 60.7 Å². The first-order chi connectivity index (χ1) is 16.0. The molecule has 3 aromatic carbocycles. The maximum absolute atomic E-state index is 13.4. The van der Waals surface area contributed by atoms with E-state index in [1.165, 1.54) is 0 Å². The van der Waals surface area contributed by atoms with E-state index in [0.717, 1.165) is 17.5 Å². The molecule has 5 nitrogen and oxygen atoms in total. The SMILES string of the molecule is COc1ccc(C(=O)N2C[C@@H](C(=O)N(C)Cc3ccccc3)C[C@@H](c3ccccc3)C2)cc1. The van der Waals surface area contributed by atoms with Crippen LogP contribution >= 0.6 is 0 Å². The molecule has 1 fully saturated rings. The number of hydrogen-bond donors (Lipinski definition) is 0. The molecular formula is C28H30N2O3. The molecule has 2 atom stereocenters. The van der Waals surface area contributed by atoms with Crippen LogP contribution in [0.15, 0.2) is 84.9 Å². The first-order valence-corrected chi connectivity index (χ1v) is 11.3. The number of carbonyl (C=O) groups excluding carboxylic acids is 2. The van der Waals surface area contributed by atoms with Crippen molar-refractivity contribution in [2.24, 2.45) is 5.92 Å². The van der Waals surface area contributed by atoms with Crippen LogP contribution < -0.4 is 4.74 Å². The molecule has 3 aromatic rings. The summed E-state index contributed by atoms with van der Waals surface area (Å²) >= 11 is 0. The van der Waals surface area contributed by atoms with Crippen LogP contribution in [-0.4, -0.2) is 48.9 Å². The van der Waals surface area contributed by atoms with Gasteiger partial charge in [-0.15, -0.1) is 0 Å². The fourth-order valence-electron chi connectivity index (χ4n) is 4.57. The van der Waals surface area contributed by atoms with Crippen molar-refractivity contribution in [3.05, 3.63) is 102 Å². The molecular weight excluding hydrogens is 412 g/mol. The van der Waals surface area contributed by atoms with Crippen molar-refractivity contribution in [1.82, 2.24) is 9.80 Å². The van der Waals surface area contributed by atoms with E-state index in [0.29, 0.717) is 30.9 Å². The Morgan fingerprint density at radius 2 is 1.55 bits per heavy atom. The Balaban J connectivity index is 1.55. The molecule has 1 saturated heterocycles. The lowest BCUT2D eigenvalue weighted by molar-refractivity contribution is -0.136. The van der Waals surface area contributed by atoms with E-state index in [1.54, 1.807) is 36.3 Å². The molecule has 0 aromatic heterocycles. The van der Waals surface area contributed by atoms with Crippen molar-refractivity contribution in [3.63, 3.8) is 0 Å². The number of likely N-dealkylation sites (tertiary alicyclic amines) is 1. The minimum absolute atomic E-state index is 0.0539. The van der Waals surface area contributed by atoms with Crippen molar-refractivity contribution in [2.75, 3.05) is 27.2 Å². The number of amides is 2. The minimum atomic E-state index is -0.250. The van der Waals surface area contributed by atoms with Gasteiger partial charge in [0.15, 0.2) is 0 Å². The molecule has 4 rings (SSSR count). The molecule has 0 spiro atoms. The Morgan fingerprint density at radius 1 is 0.909 bits per heavy atom. The van der Waals surface area contributed by atoms with E-state index in [4.69, 9.17) is 4.74 Å². The highest BCUT2D eigenvalue weighted by atomic mass is 16.5. The predicted molar refractivity (Wildman–Crippen MR) is 129 cm³/mol. The lowest BCUT2D eigenvalue weighted by atomic mass is 9.83. The molecule has 0 N–H and O–H groups in total. The fraction of sp³-hybridized carbons (Fsp3) is 0.286. The molecule has 5 heteroatoms. The number of carbonyl (C=O) groups is 2. The second-order valence-electron chi connectivity index (χ2n) is 8.66. The highest BCUT2D eigenvalue weighted by molar-refractivity contribution is 5.95. The second-order valence-corrected chi connectivity index (χ2v) is 8.66. The number of hydrogen-bond acceptors (Lipinski definition) is 3. The third kappa shape index (κ3) is 5.43. The summed E-state index contributed by atoms with van der Waals surface area (Å²) in [5.74, 6) is 0.595. The molecule has 2 amide bonds. The maximum atomic E-state index is 13.4. The lowest BCUT2D eigenvalue weighted by Crippen LogP contribution is -2.48. The standard InChI is InChI=1S/C28H30N2O3/c1-29(18-21-9-5-3-6-10-21)27(31)25-17-24(22-11-7-4-8-12-22)19-30(20-25)28(32)23-13-15-26(33-2)16-14-23/h3-16,24-25H,17-20H2,1-2H3/t24-,25+/m1/s1. The third-order valence-corrected chi connectivity index (χ3v) is 6.33. The molecule has 0 bridgehead atoms. The zero-order chi connectivity index (χ0) is 23.2. The Morgan fingerprint density at radius 3 is 2.18 bits per heavy atom. The van der Waals surface area contributed by atoms with E-state index < -0.39 is 0 Å². The number of nitrogens with zero attached hydrogens (tertiary/aromatic N) is 2. The summed E-state index contributed by atoms with van der Waals surface area (Å²) in [7, 11) is 3.45. The molecule has 0 unspecified atom stereocenters. The van der Waals surface area contributed by atoms with Gasteiger partial charge in [0.05, 0.1) is 13.0 Å². The van der Waals surface area contributed by atoms with Crippen LogP contribution in [0.3, 0.4) is 0 Å². The van der Waals surface area contributed by atoms with Crippen LogP contribution in [-0.2, 0) is 11.3 Å².